The summed E-state index contributed by atoms with van der Waals surface area (Å²) in [5.74, 6) is 1.03. The van der Waals surface area contributed by atoms with Crippen molar-refractivity contribution in [2.45, 2.75) is 281 Å². The Morgan fingerprint density at radius 2 is 0.908 bits per heavy atom. The van der Waals surface area contributed by atoms with Gasteiger partial charge in [-0.25, -0.2) is 4.98 Å². The first-order chi connectivity index (χ1) is 66.8. The van der Waals surface area contributed by atoms with Crippen molar-refractivity contribution in [2.75, 3.05) is 0 Å². The highest BCUT2D eigenvalue weighted by Gasteiger charge is 2.50. The Bertz CT molecular complexity index is 7250. The number of para-hydroxylation sites is 1. The van der Waals surface area contributed by atoms with Gasteiger partial charge in [0.2, 0.25) is 0 Å². The number of ether oxygens (including phenoxy) is 1. The van der Waals surface area contributed by atoms with Gasteiger partial charge in [0.05, 0.1) is 41.7 Å². The molecule has 0 unspecified atom stereocenters. The van der Waals surface area contributed by atoms with Crippen LogP contribution in [0.3, 0.4) is 0 Å². The number of benzene rings is 9. The van der Waals surface area contributed by atoms with E-state index in [0.717, 1.165) is 124 Å². The van der Waals surface area contributed by atoms with E-state index in [0.29, 0.717) is 28.2 Å². The van der Waals surface area contributed by atoms with Crippen LogP contribution in [-0.4, -0.2) is 14.1 Å². The number of hydrogen-bond donors (Lipinski definition) is 0. The fourth-order valence-electron chi connectivity index (χ4n) is 18.7. The van der Waals surface area contributed by atoms with Crippen molar-refractivity contribution in [3.05, 3.63) is 243 Å². The van der Waals surface area contributed by atoms with Gasteiger partial charge in [-0.1, -0.05) is 248 Å². The monoisotopic (exact) mass is 1480 g/mol. The number of nitrogens with zero attached hydrogens (tertiary/aromatic N) is 4. The molecule has 18 rings (SSSR count). The second-order valence-corrected chi connectivity index (χ2v) is 36.2. The third-order valence-electron chi connectivity index (χ3n) is 25.6. The molecular formula is C104H116N4O. The summed E-state index contributed by atoms with van der Waals surface area (Å²) in [6.07, 6.45) is -6.87. The molecule has 0 amide bonds. The molecular weight excluding hydrogens is 1320 g/mol. The van der Waals surface area contributed by atoms with Crippen LogP contribution in [0.25, 0.3) is 94.5 Å². The summed E-state index contributed by atoms with van der Waals surface area (Å²) in [6, 6.07) is 29.0. The van der Waals surface area contributed by atoms with Crippen LogP contribution in [0.4, 0.5) is 0 Å². The van der Waals surface area contributed by atoms with E-state index in [1.165, 1.54) is 21.3 Å². The molecule has 6 aliphatic rings. The van der Waals surface area contributed by atoms with Gasteiger partial charge in [-0.2, -0.15) is 0 Å². The lowest BCUT2D eigenvalue weighted by atomic mass is 9.53. The van der Waals surface area contributed by atoms with Crippen molar-refractivity contribution in [3.63, 3.8) is 0 Å². The lowest BCUT2D eigenvalue weighted by Crippen LogP contribution is -2.43. The lowest BCUT2D eigenvalue weighted by Gasteiger charge is -2.51. The molecule has 0 atom stereocenters. The standard InChI is InChI=1S/C104H116N4O/c1-94(2,3)70-38-51-105-90(60-70)108-86-36-30-64(68-55-82-91-83(56-68)100(14,15)44-48-103(91,20)47-43-99(82,12)13)52-77(86)76-33-32-73(62-88(76)108)109-72-25-22-24-71(61-72)106-63-107(89-59-65(31-37-87(89)106)69-57-84-92-85(58-69)102(18,19)46-50-104(92,21)49-45-101(84,16)17)93-74(66-28-34-78-80(53-66)97(8,9)41-39-95(78,4)5)26-23-27-75(93)67-29-35-79-81(54-67)98(10,11)42-40-96(79,6)7/h22-38,51-62H,39-50H2,1-21H3/i4D3,5D3,6D3,7D3,8D3,9D3,10D3,11D3,28D,29D,34D,35D,39D2,40D2,41D2,42D2,53D,54D. The molecule has 9 aromatic carbocycles. The molecule has 0 saturated heterocycles. The van der Waals surface area contributed by atoms with E-state index in [2.05, 4.69) is 143 Å². The number of rotatable bonds is 9. The van der Waals surface area contributed by atoms with Crippen molar-refractivity contribution in [1.82, 2.24) is 14.1 Å². The van der Waals surface area contributed by atoms with Crippen molar-refractivity contribution < 1.29 is 61.4 Å². The third kappa shape index (κ3) is 11.4. The van der Waals surface area contributed by atoms with Gasteiger partial charge in [0.1, 0.15) is 17.3 Å². The molecule has 5 nitrogen and oxygen atoms in total. The van der Waals surface area contributed by atoms with Gasteiger partial charge in [0.25, 0.3) is 6.33 Å². The van der Waals surface area contributed by atoms with Crippen LogP contribution < -0.4 is 9.30 Å². The number of hydrogen-bond acceptors (Lipinski definition) is 2. The van der Waals surface area contributed by atoms with Crippen LogP contribution in [-0.2, 0) is 59.6 Å². The van der Waals surface area contributed by atoms with Crippen LogP contribution in [0.1, 0.15) is 335 Å². The summed E-state index contributed by atoms with van der Waals surface area (Å²) < 4.78 is 376. The fraction of sp³-hybridized carbons (Fsp3) is 0.423. The van der Waals surface area contributed by atoms with E-state index in [9.17, 15) is 52.1 Å². The minimum Gasteiger partial charge on any atom is -0.458 e. The molecule has 0 saturated carbocycles. The van der Waals surface area contributed by atoms with Gasteiger partial charge < -0.3 is 4.74 Å². The van der Waals surface area contributed by atoms with Crippen molar-refractivity contribution in [3.8, 4) is 73.2 Å². The van der Waals surface area contributed by atoms with Gasteiger partial charge >= 0.3 is 0 Å². The Morgan fingerprint density at radius 3 is 1.41 bits per heavy atom. The van der Waals surface area contributed by atoms with Gasteiger partial charge in [-0.3, -0.25) is 13.7 Å². The Morgan fingerprint density at radius 1 is 0.431 bits per heavy atom. The quantitative estimate of drug-likeness (QED) is 0.107. The average molecular weight is 1480 g/mol. The fourth-order valence-corrected chi connectivity index (χ4v) is 18.7. The molecule has 558 valence electrons. The number of pyridine rings is 1. The molecule has 0 fully saturated rings. The van der Waals surface area contributed by atoms with E-state index in [1.807, 2.05) is 30.3 Å². The second kappa shape index (κ2) is 23.9. The molecule has 0 spiro atoms. The minimum absolute atomic E-state index is 0.0349. The highest BCUT2D eigenvalue weighted by atomic mass is 16.5. The summed E-state index contributed by atoms with van der Waals surface area (Å²) in [5.41, 5.74) is -20.5. The Balaban J connectivity index is 0.970. The number of fused-ring (bicyclic) bond motifs is 6. The molecule has 0 aliphatic heterocycles. The van der Waals surface area contributed by atoms with Crippen molar-refractivity contribution in [1.29, 1.82) is 0 Å². The molecule has 12 aromatic rings. The summed E-state index contributed by atoms with van der Waals surface area (Å²) >= 11 is 0. The smallest absolute Gasteiger partial charge is 0.269 e. The predicted octanol–water partition coefficient (Wildman–Crippen LogP) is 27.5. The SMILES string of the molecule is [2H]c1c([2H])c2c(c([2H])c1-c1cccc(-c3c([2H])c([2H])c4c(c3[2H])C(C([2H])([2H])[2H])(C([2H])([2H])[2H])C([2H])([2H])C([2H])([2H])C4(C([2H])([2H])[2H])C([2H])([2H])[2H])c1-[n+]1[c-]n(-c3cccc(Oc4ccc5c6cc(-c7cc8c9c(c7)C(C)(C)CCC9(C)CCC8(C)C)ccc6n(-c6cc(C(C)(C)C)ccn6)c5c4)c3)c3ccc(-c4cc5c6c(c4)C(C)(C)CCC6(C)CCC5(C)C)cc31)C(C([2H])([2H])[2H])(C([2H])([2H])[2H])C([2H])([2H])C([2H])([2H])C2(C([2H])([2H])[2H])C([2H])([2H])[2H]. The van der Waals surface area contributed by atoms with Crippen LogP contribution >= 0.6 is 0 Å². The summed E-state index contributed by atoms with van der Waals surface area (Å²) in [4.78, 5) is 5.04. The zero-order valence-corrected chi connectivity index (χ0v) is 64.1. The Hall–Kier alpha value is -8.80. The molecule has 6 aliphatic carbocycles. The maximum Gasteiger partial charge on any atom is 0.269 e. The first-order valence-corrected chi connectivity index (χ1v) is 38.0. The van der Waals surface area contributed by atoms with Gasteiger partial charge in [0, 0.05) is 66.9 Å². The Kier molecular flexibility index (Phi) is 8.96. The highest BCUT2D eigenvalue weighted by Crippen LogP contribution is 2.60. The van der Waals surface area contributed by atoms with E-state index >= 15 is 0 Å². The highest BCUT2D eigenvalue weighted by molar-refractivity contribution is 6.11. The van der Waals surface area contributed by atoms with Crippen molar-refractivity contribution >= 4 is 32.8 Å². The summed E-state index contributed by atoms with van der Waals surface area (Å²) in [6.45, 7) is -7.82. The van der Waals surface area contributed by atoms with Gasteiger partial charge in [-0.05, 0) is 303 Å². The molecule has 109 heavy (non-hydrogen) atoms. The first-order valence-electron chi connectivity index (χ1n) is 57.0. The average Bonchev–Trinajstić information content (AvgIpc) is 0.737. The van der Waals surface area contributed by atoms with Crippen LogP contribution in [0.5, 0.6) is 11.5 Å². The van der Waals surface area contributed by atoms with Gasteiger partial charge in [-0.15, -0.1) is 0 Å². The number of aromatic nitrogens is 4. The second-order valence-electron chi connectivity index (χ2n) is 36.2. The van der Waals surface area contributed by atoms with E-state index < -0.39 is 199 Å². The molecule has 3 heterocycles. The largest absolute Gasteiger partial charge is 0.458 e. The summed E-state index contributed by atoms with van der Waals surface area (Å²) in [5, 5.41) is 1.74. The zero-order chi connectivity index (χ0) is 109. The van der Waals surface area contributed by atoms with Crippen molar-refractivity contribution in [2.24, 2.45) is 0 Å². The first kappa shape index (κ1) is 40.9. The Labute approximate surface area is 704 Å². The van der Waals surface area contributed by atoms with Gasteiger partial charge in [0.15, 0.2) is 0 Å². The third-order valence-corrected chi connectivity index (χ3v) is 25.6. The van der Waals surface area contributed by atoms with Crippen LogP contribution in [0.15, 0.2) is 176 Å². The van der Waals surface area contributed by atoms with E-state index in [1.54, 1.807) is 48.7 Å². The summed E-state index contributed by atoms with van der Waals surface area (Å²) in [7, 11) is 0. The van der Waals surface area contributed by atoms with E-state index in [-0.39, 0.29) is 49.5 Å². The normalized spacial score (nSPS) is 28.2. The number of imidazole rings is 1. The lowest BCUT2D eigenvalue weighted by molar-refractivity contribution is -0.571. The molecule has 0 N–H and O–H groups in total. The maximum absolute atomic E-state index is 10.8. The maximum atomic E-state index is 10.8. The molecule has 3 aromatic heterocycles. The molecule has 0 bridgehead atoms. The minimum atomic E-state index is -4.89. The van der Waals surface area contributed by atoms with Crippen LogP contribution in [0.2, 0.25) is 0 Å². The van der Waals surface area contributed by atoms with E-state index in [4.69, 9.17) is 9.72 Å². The zero-order valence-electron chi connectivity index (χ0n) is 102. The topological polar surface area (TPSA) is 35.9 Å². The van der Waals surface area contributed by atoms with Crippen LogP contribution in [0, 0.1) is 6.33 Å². The molecule has 5 heteroatoms. The molecule has 0 radical (unpaired) electrons. The predicted molar refractivity (Wildman–Crippen MR) is 457 cm³/mol.